The Morgan fingerprint density at radius 1 is 1.30 bits per heavy atom. The van der Waals surface area contributed by atoms with Gasteiger partial charge in [0.25, 0.3) is 0 Å². The molecule has 3 N–H and O–H groups in total. The molecule has 104 valence electrons. The van der Waals surface area contributed by atoms with Crippen LogP contribution < -0.4 is 16.2 Å². The highest BCUT2D eigenvalue weighted by atomic mass is 16.4. The number of fused-ring (bicyclic) bond motifs is 1. The Hall–Kier alpha value is -2.70. The van der Waals surface area contributed by atoms with Crippen LogP contribution in [0.5, 0.6) is 0 Å². The molecule has 0 radical (unpaired) electrons. The van der Waals surface area contributed by atoms with E-state index in [-0.39, 0.29) is 12.8 Å². The molecule has 2 aromatic rings. The van der Waals surface area contributed by atoms with Gasteiger partial charge in [0.05, 0.1) is 17.5 Å². The summed E-state index contributed by atoms with van der Waals surface area (Å²) in [5.74, 6) is -1.49. The first-order valence-corrected chi connectivity index (χ1v) is 6.03. The van der Waals surface area contributed by atoms with Gasteiger partial charge in [-0.3, -0.25) is 4.79 Å². The van der Waals surface area contributed by atoms with Crippen molar-refractivity contribution in [3.05, 3.63) is 30.6 Å². The SMILES string of the molecule is NC(=O)CC[C@H](Nc1ncnc2ccccc12)C(=O)[O-]. The van der Waals surface area contributed by atoms with Crippen LogP contribution >= 0.6 is 0 Å². The van der Waals surface area contributed by atoms with Gasteiger partial charge in [-0.15, -0.1) is 0 Å². The van der Waals surface area contributed by atoms with E-state index in [1.807, 2.05) is 6.07 Å². The molecule has 1 amide bonds. The van der Waals surface area contributed by atoms with E-state index in [4.69, 9.17) is 5.73 Å². The normalized spacial score (nSPS) is 12.0. The number of benzene rings is 1. The average molecular weight is 273 g/mol. The monoisotopic (exact) mass is 273 g/mol. The van der Waals surface area contributed by atoms with Crippen LogP contribution in [0, 0.1) is 0 Å². The fourth-order valence-corrected chi connectivity index (χ4v) is 1.82. The molecule has 0 aliphatic rings. The minimum atomic E-state index is -1.31. The summed E-state index contributed by atoms with van der Waals surface area (Å²) in [7, 11) is 0. The number of primary amides is 1. The highest BCUT2D eigenvalue weighted by molar-refractivity contribution is 5.90. The van der Waals surface area contributed by atoms with Crippen LogP contribution in [0.4, 0.5) is 5.82 Å². The highest BCUT2D eigenvalue weighted by Gasteiger charge is 2.13. The molecule has 0 bridgehead atoms. The van der Waals surface area contributed by atoms with Gasteiger partial charge in [0.15, 0.2) is 0 Å². The summed E-state index contributed by atoms with van der Waals surface area (Å²) in [4.78, 5) is 29.9. The van der Waals surface area contributed by atoms with Crippen molar-refractivity contribution in [2.24, 2.45) is 5.73 Å². The van der Waals surface area contributed by atoms with Gasteiger partial charge in [0.2, 0.25) is 5.91 Å². The van der Waals surface area contributed by atoms with E-state index >= 15 is 0 Å². The van der Waals surface area contributed by atoms with Gasteiger partial charge in [0, 0.05) is 11.8 Å². The van der Waals surface area contributed by atoms with E-state index in [0.717, 1.165) is 0 Å². The third-order valence-corrected chi connectivity index (χ3v) is 2.82. The molecular formula is C13H13N4O3-. The number of carbonyl (C=O) groups is 2. The number of aromatic nitrogens is 2. The van der Waals surface area contributed by atoms with Crippen molar-refractivity contribution in [2.75, 3.05) is 5.32 Å². The van der Waals surface area contributed by atoms with Crippen LogP contribution in [0.25, 0.3) is 10.9 Å². The van der Waals surface area contributed by atoms with Crippen molar-refractivity contribution in [1.82, 2.24) is 9.97 Å². The molecule has 1 heterocycles. The summed E-state index contributed by atoms with van der Waals surface area (Å²) in [5, 5.41) is 14.5. The topological polar surface area (TPSA) is 121 Å². The number of nitrogens with two attached hydrogens (primary N) is 1. The standard InChI is InChI=1S/C13H14N4O3/c14-11(18)6-5-10(13(19)20)17-12-8-3-1-2-4-9(8)15-7-16-12/h1-4,7,10H,5-6H2,(H2,14,18)(H,19,20)(H,15,16,17)/p-1/t10-/m0/s1. The summed E-state index contributed by atoms with van der Waals surface area (Å²) in [6.07, 6.45) is 1.33. The lowest BCUT2D eigenvalue weighted by molar-refractivity contribution is -0.306. The Bertz CT molecular complexity index is 639. The molecule has 0 saturated carbocycles. The predicted octanol–water partition coefficient (Wildman–Crippen LogP) is -0.574. The number of nitrogens with one attached hydrogen (secondary N) is 1. The molecule has 1 aromatic carbocycles. The first-order valence-electron chi connectivity index (χ1n) is 6.03. The maximum Gasteiger partial charge on any atom is 0.217 e. The molecule has 20 heavy (non-hydrogen) atoms. The number of aliphatic carboxylic acids is 1. The van der Waals surface area contributed by atoms with E-state index in [2.05, 4.69) is 15.3 Å². The second-order valence-electron chi connectivity index (χ2n) is 4.26. The fraction of sp³-hybridized carbons (Fsp3) is 0.231. The predicted molar refractivity (Wildman–Crippen MR) is 70.4 cm³/mol. The molecule has 2 rings (SSSR count). The Kier molecular flexibility index (Phi) is 4.09. The maximum atomic E-state index is 11.1. The van der Waals surface area contributed by atoms with Crippen LogP contribution in [0.3, 0.4) is 0 Å². The number of carbonyl (C=O) groups excluding carboxylic acids is 2. The van der Waals surface area contributed by atoms with Gasteiger partial charge < -0.3 is 21.0 Å². The maximum absolute atomic E-state index is 11.1. The van der Waals surface area contributed by atoms with Crippen LogP contribution in [-0.2, 0) is 9.59 Å². The number of carboxylic acids is 1. The summed E-state index contributed by atoms with van der Waals surface area (Å²) >= 11 is 0. The van der Waals surface area contributed by atoms with Gasteiger partial charge in [0.1, 0.15) is 12.1 Å². The Labute approximate surface area is 114 Å². The number of hydrogen-bond donors (Lipinski definition) is 2. The molecule has 0 unspecified atom stereocenters. The van der Waals surface area contributed by atoms with Gasteiger partial charge >= 0.3 is 0 Å². The zero-order valence-electron chi connectivity index (χ0n) is 10.6. The molecule has 1 aromatic heterocycles. The van der Waals surface area contributed by atoms with E-state index < -0.39 is 17.9 Å². The molecule has 7 nitrogen and oxygen atoms in total. The van der Waals surface area contributed by atoms with Crippen molar-refractivity contribution in [3.63, 3.8) is 0 Å². The molecular weight excluding hydrogens is 260 g/mol. The number of anilines is 1. The van der Waals surface area contributed by atoms with Gasteiger partial charge in [-0.2, -0.15) is 0 Å². The molecule has 0 aliphatic heterocycles. The quantitative estimate of drug-likeness (QED) is 0.726. The molecule has 0 saturated heterocycles. The number of hydrogen-bond acceptors (Lipinski definition) is 6. The summed E-state index contributed by atoms with van der Waals surface area (Å²) < 4.78 is 0. The van der Waals surface area contributed by atoms with Crippen molar-refractivity contribution in [2.45, 2.75) is 18.9 Å². The zero-order chi connectivity index (χ0) is 14.5. The number of amides is 1. The van der Waals surface area contributed by atoms with Gasteiger partial charge in [-0.1, -0.05) is 12.1 Å². The lowest BCUT2D eigenvalue weighted by Gasteiger charge is -2.20. The Morgan fingerprint density at radius 3 is 2.75 bits per heavy atom. The minimum absolute atomic E-state index is 0.0377. The summed E-state index contributed by atoms with van der Waals surface area (Å²) in [5.41, 5.74) is 5.71. The summed E-state index contributed by atoms with van der Waals surface area (Å²) in [6.45, 7) is 0. The highest BCUT2D eigenvalue weighted by Crippen LogP contribution is 2.19. The minimum Gasteiger partial charge on any atom is -0.548 e. The van der Waals surface area contributed by atoms with E-state index in [9.17, 15) is 14.7 Å². The number of rotatable bonds is 6. The molecule has 1 atom stereocenters. The first-order chi connectivity index (χ1) is 9.58. The summed E-state index contributed by atoms with van der Waals surface area (Å²) in [6, 6.07) is 6.15. The van der Waals surface area contributed by atoms with Gasteiger partial charge in [-0.05, 0) is 18.6 Å². The lowest BCUT2D eigenvalue weighted by atomic mass is 10.1. The third-order valence-electron chi connectivity index (χ3n) is 2.82. The first kappa shape index (κ1) is 13.7. The van der Waals surface area contributed by atoms with Crippen molar-refractivity contribution < 1.29 is 14.7 Å². The second-order valence-corrected chi connectivity index (χ2v) is 4.26. The smallest absolute Gasteiger partial charge is 0.217 e. The van der Waals surface area contributed by atoms with Gasteiger partial charge in [-0.25, -0.2) is 9.97 Å². The third kappa shape index (κ3) is 3.19. The number of nitrogens with zero attached hydrogens (tertiary/aromatic N) is 2. The Morgan fingerprint density at radius 2 is 2.05 bits per heavy atom. The van der Waals surface area contributed by atoms with Crippen LogP contribution in [-0.4, -0.2) is 27.9 Å². The van der Waals surface area contributed by atoms with E-state index in [1.54, 1.807) is 18.2 Å². The molecule has 0 spiro atoms. The van der Waals surface area contributed by atoms with Crippen LogP contribution in [0.2, 0.25) is 0 Å². The largest absolute Gasteiger partial charge is 0.548 e. The van der Waals surface area contributed by atoms with Crippen molar-refractivity contribution in [1.29, 1.82) is 0 Å². The van der Waals surface area contributed by atoms with Crippen molar-refractivity contribution >= 4 is 28.6 Å². The lowest BCUT2D eigenvalue weighted by Crippen LogP contribution is -2.41. The molecule has 0 fully saturated rings. The average Bonchev–Trinajstić information content (AvgIpc) is 2.43. The van der Waals surface area contributed by atoms with Crippen molar-refractivity contribution in [3.8, 4) is 0 Å². The molecule has 7 heteroatoms. The number of para-hydroxylation sites is 1. The van der Waals surface area contributed by atoms with E-state index in [0.29, 0.717) is 16.7 Å². The van der Waals surface area contributed by atoms with Crippen LogP contribution in [0.1, 0.15) is 12.8 Å². The Balaban J connectivity index is 2.24. The molecule has 0 aliphatic carbocycles. The number of carboxylic acid groups (broad SMARTS) is 1. The van der Waals surface area contributed by atoms with E-state index in [1.165, 1.54) is 6.33 Å². The zero-order valence-corrected chi connectivity index (χ0v) is 10.6. The van der Waals surface area contributed by atoms with Crippen LogP contribution in [0.15, 0.2) is 30.6 Å². The second kappa shape index (κ2) is 5.96. The fourth-order valence-electron chi connectivity index (χ4n) is 1.82.